The van der Waals surface area contributed by atoms with Crippen LogP contribution in [0.15, 0.2) is 0 Å². The third kappa shape index (κ3) is 8.47. The fourth-order valence-corrected chi connectivity index (χ4v) is 3.12. The summed E-state index contributed by atoms with van der Waals surface area (Å²) < 4.78 is 25.4. The monoisotopic (exact) mass is 309 g/mol. The fourth-order valence-electron chi connectivity index (χ4n) is 1.82. The minimum absolute atomic E-state index is 0.0109. The molecule has 0 aliphatic rings. The van der Waals surface area contributed by atoms with Crippen molar-refractivity contribution in [3.63, 3.8) is 0 Å². The zero-order valence-corrected chi connectivity index (χ0v) is 13.7. The second-order valence-electron chi connectivity index (χ2n) is 5.61. The van der Waals surface area contributed by atoms with Crippen LogP contribution in [0, 0.1) is 0 Å². The fraction of sp³-hybridized carbons (Fsp3) is 0.917. The highest BCUT2D eigenvalue weighted by Gasteiger charge is 2.25. The Hall–Kier alpha value is -0.700. The first kappa shape index (κ1) is 19.3. The molecule has 0 rings (SSSR count). The molecule has 0 aliphatic heterocycles. The number of hydrogen-bond donors (Lipinski definition) is 3. The van der Waals surface area contributed by atoms with Gasteiger partial charge in [0, 0.05) is 13.1 Å². The Morgan fingerprint density at radius 1 is 1.40 bits per heavy atom. The van der Waals surface area contributed by atoms with Gasteiger partial charge in [0.15, 0.2) is 0 Å². The number of aliphatic hydroxyl groups is 1. The lowest BCUT2D eigenvalue weighted by Gasteiger charge is -2.27. The molecule has 20 heavy (non-hydrogen) atoms. The Balaban J connectivity index is 4.34. The van der Waals surface area contributed by atoms with Crippen LogP contribution in [0.25, 0.3) is 0 Å². The van der Waals surface area contributed by atoms with Crippen LogP contribution in [0.2, 0.25) is 0 Å². The van der Waals surface area contributed by atoms with E-state index in [-0.39, 0.29) is 12.3 Å². The standard InChI is InChI=1S/C12H27N3O4S/c1-6-7-20(18,19)14-10(2)11(16)13-8-12(3,17)9-15(4)5/h10,14,17H,6-9H2,1-5H3,(H,13,16). The molecule has 120 valence electrons. The second-order valence-corrected chi connectivity index (χ2v) is 7.48. The number of carbonyl (C=O) groups is 1. The molecule has 0 aromatic carbocycles. The molecule has 1 amide bonds. The molecule has 2 atom stereocenters. The number of nitrogens with zero attached hydrogens (tertiary/aromatic N) is 1. The molecule has 3 N–H and O–H groups in total. The van der Waals surface area contributed by atoms with Crippen LogP contribution in [-0.2, 0) is 14.8 Å². The van der Waals surface area contributed by atoms with Crippen molar-refractivity contribution in [2.45, 2.75) is 38.8 Å². The minimum atomic E-state index is -3.43. The lowest BCUT2D eigenvalue weighted by Crippen LogP contribution is -2.51. The largest absolute Gasteiger partial charge is 0.387 e. The van der Waals surface area contributed by atoms with Crippen molar-refractivity contribution in [2.24, 2.45) is 0 Å². The molecule has 0 heterocycles. The summed E-state index contributed by atoms with van der Waals surface area (Å²) in [6, 6.07) is -0.860. The average molecular weight is 309 g/mol. The van der Waals surface area contributed by atoms with Crippen molar-refractivity contribution in [3.05, 3.63) is 0 Å². The zero-order valence-electron chi connectivity index (χ0n) is 12.9. The molecule has 0 saturated carbocycles. The maximum absolute atomic E-state index is 11.8. The van der Waals surface area contributed by atoms with Gasteiger partial charge in [0.2, 0.25) is 15.9 Å². The normalized spacial score (nSPS) is 16.8. The molecule has 0 radical (unpaired) electrons. The molecular formula is C12H27N3O4S. The topological polar surface area (TPSA) is 98.7 Å². The molecule has 0 spiro atoms. The predicted octanol–water partition coefficient (Wildman–Crippen LogP) is -0.867. The van der Waals surface area contributed by atoms with Gasteiger partial charge in [0.05, 0.1) is 17.4 Å². The number of nitrogens with one attached hydrogen (secondary N) is 2. The molecular weight excluding hydrogens is 282 g/mol. The van der Waals surface area contributed by atoms with Gasteiger partial charge in [-0.2, -0.15) is 0 Å². The quantitative estimate of drug-likeness (QED) is 0.514. The maximum atomic E-state index is 11.8. The van der Waals surface area contributed by atoms with E-state index < -0.39 is 27.6 Å². The molecule has 0 fully saturated rings. The van der Waals surface area contributed by atoms with Crippen molar-refractivity contribution in [3.8, 4) is 0 Å². The Labute approximate surface area is 121 Å². The van der Waals surface area contributed by atoms with Gasteiger partial charge in [-0.1, -0.05) is 6.92 Å². The summed E-state index contributed by atoms with van der Waals surface area (Å²) in [4.78, 5) is 13.6. The van der Waals surface area contributed by atoms with Crippen LogP contribution in [0.3, 0.4) is 0 Å². The van der Waals surface area contributed by atoms with Crippen LogP contribution in [0.4, 0.5) is 0 Å². The van der Waals surface area contributed by atoms with Crippen molar-refractivity contribution < 1.29 is 18.3 Å². The van der Waals surface area contributed by atoms with Crippen molar-refractivity contribution in [1.82, 2.24) is 14.9 Å². The van der Waals surface area contributed by atoms with Crippen molar-refractivity contribution >= 4 is 15.9 Å². The van der Waals surface area contributed by atoms with Crippen LogP contribution >= 0.6 is 0 Å². The van der Waals surface area contributed by atoms with Crippen LogP contribution in [0.5, 0.6) is 0 Å². The minimum Gasteiger partial charge on any atom is -0.387 e. The predicted molar refractivity (Wildman–Crippen MR) is 78.9 cm³/mol. The van der Waals surface area contributed by atoms with E-state index in [9.17, 15) is 18.3 Å². The molecule has 0 bridgehead atoms. The molecule has 0 saturated heterocycles. The van der Waals surface area contributed by atoms with Gasteiger partial charge in [0.1, 0.15) is 0 Å². The first-order chi connectivity index (χ1) is 8.99. The molecule has 0 aromatic heterocycles. The van der Waals surface area contributed by atoms with Crippen LogP contribution in [-0.4, -0.2) is 68.9 Å². The first-order valence-electron chi connectivity index (χ1n) is 6.64. The first-order valence-corrected chi connectivity index (χ1v) is 8.29. The SMILES string of the molecule is CCCS(=O)(=O)NC(C)C(=O)NCC(C)(O)CN(C)C. The number of rotatable bonds is 9. The van der Waals surface area contributed by atoms with Gasteiger partial charge in [-0.3, -0.25) is 4.79 Å². The number of carbonyl (C=O) groups excluding carboxylic acids is 1. The van der Waals surface area contributed by atoms with E-state index in [4.69, 9.17) is 0 Å². The molecule has 7 nitrogen and oxygen atoms in total. The molecule has 0 aromatic rings. The van der Waals surface area contributed by atoms with Gasteiger partial charge in [-0.25, -0.2) is 13.1 Å². The molecule has 8 heteroatoms. The van der Waals surface area contributed by atoms with Crippen LogP contribution < -0.4 is 10.0 Å². The van der Waals surface area contributed by atoms with E-state index in [0.717, 1.165) is 0 Å². The zero-order chi connectivity index (χ0) is 16.0. The van der Waals surface area contributed by atoms with Crippen LogP contribution in [0.1, 0.15) is 27.2 Å². The van der Waals surface area contributed by atoms with E-state index in [0.29, 0.717) is 13.0 Å². The maximum Gasteiger partial charge on any atom is 0.237 e. The lowest BCUT2D eigenvalue weighted by atomic mass is 10.1. The van der Waals surface area contributed by atoms with Crippen molar-refractivity contribution in [2.75, 3.05) is 32.9 Å². The Kier molecular flexibility index (Phi) is 7.64. The highest BCUT2D eigenvalue weighted by Crippen LogP contribution is 2.03. The van der Waals surface area contributed by atoms with Gasteiger partial charge in [-0.15, -0.1) is 0 Å². The Bertz CT molecular complexity index is 407. The van der Waals surface area contributed by atoms with E-state index in [1.54, 1.807) is 18.7 Å². The highest BCUT2D eigenvalue weighted by molar-refractivity contribution is 7.89. The van der Waals surface area contributed by atoms with Gasteiger partial charge in [-0.05, 0) is 34.4 Å². The average Bonchev–Trinajstić information content (AvgIpc) is 2.23. The smallest absolute Gasteiger partial charge is 0.237 e. The van der Waals surface area contributed by atoms with Crippen molar-refractivity contribution in [1.29, 1.82) is 0 Å². The summed E-state index contributed by atoms with van der Waals surface area (Å²) in [7, 11) is 0.204. The number of sulfonamides is 1. The summed E-state index contributed by atoms with van der Waals surface area (Å²) in [5.74, 6) is -0.466. The van der Waals surface area contributed by atoms with E-state index in [2.05, 4.69) is 10.0 Å². The Morgan fingerprint density at radius 3 is 2.40 bits per heavy atom. The third-order valence-electron chi connectivity index (χ3n) is 2.52. The summed E-state index contributed by atoms with van der Waals surface area (Å²) >= 11 is 0. The Morgan fingerprint density at radius 2 is 1.95 bits per heavy atom. The second kappa shape index (κ2) is 7.92. The van der Waals surface area contributed by atoms with Gasteiger partial charge in [0.25, 0.3) is 0 Å². The number of hydrogen-bond acceptors (Lipinski definition) is 5. The highest BCUT2D eigenvalue weighted by atomic mass is 32.2. The number of likely N-dealkylation sites (N-methyl/N-ethyl adjacent to an activating group) is 1. The van der Waals surface area contributed by atoms with E-state index in [1.165, 1.54) is 6.92 Å². The summed E-state index contributed by atoms with van der Waals surface area (Å²) in [5, 5.41) is 12.6. The van der Waals surface area contributed by atoms with Gasteiger partial charge >= 0.3 is 0 Å². The van der Waals surface area contributed by atoms with E-state index in [1.807, 2.05) is 14.1 Å². The lowest BCUT2D eigenvalue weighted by molar-refractivity contribution is -0.123. The molecule has 2 unspecified atom stereocenters. The summed E-state index contributed by atoms with van der Waals surface area (Å²) in [6.45, 7) is 5.29. The third-order valence-corrected chi connectivity index (χ3v) is 4.18. The summed E-state index contributed by atoms with van der Waals surface area (Å²) in [5.41, 5.74) is -1.07. The number of amides is 1. The van der Waals surface area contributed by atoms with E-state index >= 15 is 0 Å². The molecule has 0 aliphatic carbocycles. The summed E-state index contributed by atoms with van der Waals surface area (Å²) in [6.07, 6.45) is 0.487. The van der Waals surface area contributed by atoms with Gasteiger partial charge < -0.3 is 15.3 Å².